The van der Waals surface area contributed by atoms with Gasteiger partial charge in [-0.15, -0.1) is 0 Å². The molecule has 0 aromatic heterocycles. The van der Waals surface area contributed by atoms with Crippen LogP contribution in [0.25, 0.3) is 0 Å². The molecule has 1 N–H and O–H groups in total. The van der Waals surface area contributed by atoms with Crippen LogP contribution in [0.2, 0.25) is 0 Å². The van der Waals surface area contributed by atoms with Crippen molar-refractivity contribution in [1.29, 1.82) is 0 Å². The Labute approximate surface area is 109 Å². The molecule has 1 aromatic rings. The molecular formula is C16H21NO. The molecule has 0 radical (unpaired) electrons. The van der Waals surface area contributed by atoms with Crippen molar-refractivity contribution < 1.29 is 5.11 Å². The van der Waals surface area contributed by atoms with E-state index in [4.69, 9.17) is 0 Å². The van der Waals surface area contributed by atoms with Gasteiger partial charge in [-0.25, -0.2) is 0 Å². The van der Waals surface area contributed by atoms with Gasteiger partial charge < -0.3 is 10.0 Å². The molecule has 2 heteroatoms. The second kappa shape index (κ2) is 3.51. The fourth-order valence-corrected chi connectivity index (χ4v) is 5.12. The average Bonchev–Trinajstić information content (AvgIpc) is 2.82. The van der Waals surface area contributed by atoms with Crippen LogP contribution in [-0.2, 0) is 6.42 Å². The number of likely N-dealkylation sites (tertiary alicyclic amines) is 1. The van der Waals surface area contributed by atoms with E-state index in [9.17, 15) is 5.11 Å². The fraction of sp³-hybridized carbons (Fsp3) is 0.625. The molecule has 4 rings (SSSR count). The normalized spacial score (nSPS) is 38.3. The van der Waals surface area contributed by atoms with Gasteiger partial charge in [-0.3, -0.25) is 0 Å². The summed E-state index contributed by atoms with van der Waals surface area (Å²) >= 11 is 0. The molecule has 1 saturated heterocycles. The summed E-state index contributed by atoms with van der Waals surface area (Å²) in [6.07, 6.45) is 5.24. The maximum Gasteiger partial charge on any atom is 0.115 e. The monoisotopic (exact) mass is 243 g/mol. The van der Waals surface area contributed by atoms with Crippen LogP contribution in [0, 0.1) is 11.3 Å². The van der Waals surface area contributed by atoms with E-state index in [1.165, 1.54) is 43.5 Å². The number of phenolic OH excluding ortho intramolecular Hbond substituents is 1. The van der Waals surface area contributed by atoms with Gasteiger partial charge in [0.2, 0.25) is 0 Å². The van der Waals surface area contributed by atoms with Crippen LogP contribution >= 0.6 is 0 Å². The van der Waals surface area contributed by atoms with Crippen molar-refractivity contribution in [2.75, 3.05) is 20.1 Å². The Hall–Kier alpha value is -1.02. The highest BCUT2D eigenvalue weighted by atomic mass is 16.3. The predicted octanol–water partition coefficient (Wildman–Crippen LogP) is 2.76. The van der Waals surface area contributed by atoms with Gasteiger partial charge in [-0.1, -0.05) is 6.07 Å². The van der Waals surface area contributed by atoms with Crippen molar-refractivity contribution in [2.24, 2.45) is 11.3 Å². The lowest BCUT2D eigenvalue weighted by Gasteiger charge is -2.41. The predicted molar refractivity (Wildman–Crippen MR) is 71.8 cm³/mol. The van der Waals surface area contributed by atoms with Crippen molar-refractivity contribution in [1.82, 2.24) is 4.90 Å². The zero-order chi connectivity index (χ0) is 12.3. The number of rotatable bonds is 0. The van der Waals surface area contributed by atoms with Gasteiger partial charge in [-0.2, -0.15) is 0 Å². The molecule has 0 amide bonds. The van der Waals surface area contributed by atoms with Gasteiger partial charge in [0.15, 0.2) is 0 Å². The summed E-state index contributed by atoms with van der Waals surface area (Å²) in [5, 5.41) is 9.65. The Morgan fingerprint density at radius 3 is 3.11 bits per heavy atom. The molecule has 1 spiro atoms. The fourth-order valence-electron chi connectivity index (χ4n) is 5.12. The minimum atomic E-state index is 0.433. The minimum absolute atomic E-state index is 0.433. The van der Waals surface area contributed by atoms with Crippen LogP contribution in [-0.4, -0.2) is 30.1 Å². The zero-order valence-corrected chi connectivity index (χ0v) is 11.0. The van der Waals surface area contributed by atoms with E-state index in [1.807, 2.05) is 12.1 Å². The van der Waals surface area contributed by atoms with Gasteiger partial charge in [0, 0.05) is 13.1 Å². The van der Waals surface area contributed by atoms with Crippen molar-refractivity contribution >= 4 is 0 Å². The molecule has 1 saturated carbocycles. The van der Waals surface area contributed by atoms with E-state index < -0.39 is 0 Å². The largest absolute Gasteiger partial charge is 0.508 e. The standard InChI is InChI=1S/C16H21NO/c1-17-9-12-2-5-15-14-4-3-13(18)8-11(14)6-7-16(12,15)10-17/h3-4,8,12,15,18H,2,5-7,9-10H2,1H3/t12-,15+,16?/m1/s1. The van der Waals surface area contributed by atoms with Crippen molar-refractivity contribution in [3.63, 3.8) is 0 Å². The maximum absolute atomic E-state index is 9.65. The molecule has 2 aliphatic carbocycles. The number of hydrogen-bond donors (Lipinski definition) is 1. The van der Waals surface area contributed by atoms with Gasteiger partial charge in [0.25, 0.3) is 0 Å². The third-order valence-corrected chi connectivity index (χ3v) is 5.77. The Kier molecular flexibility index (Phi) is 2.12. The molecule has 18 heavy (non-hydrogen) atoms. The summed E-state index contributed by atoms with van der Waals surface area (Å²) in [6, 6.07) is 6.06. The van der Waals surface area contributed by atoms with Crippen LogP contribution in [0.3, 0.4) is 0 Å². The smallest absolute Gasteiger partial charge is 0.115 e. The van der Waals surface area contributed by atoms with Crippen LogP contribution in [0.15, 0.2) is 18.2 Å². The third kappa shape index (κ3) is 1.27. The first-order chi connectivity index (χ1) is 8.69. The first-order valence-corrected chi connectivity index (χ1v) is 7.19. The van der Waals surface area contributed by atoms with Gasteiger partial charge in [-0.05, 0) is 73.2 Å². The van der Waals surface area contributed by atoms with Gasteiger partial charge >= 0.3 is 0 Å². The van der Waals surface area contributed by atoms with E-state index in [-0.39, 0.29) is 0 Å². The second-order valence-electron chi connectivity index (χ2n) is 6.64. The molecule has 1 unspecified atom stereocenters. The summed E-state index contributed by atoms with van der Waals surface area (Å²) in [4.78, 5) is 2.53. The number of benzene rings is 1. The van der Waals surface area contributed by atoms with Crippen molar-refractivity contribution in [2.45, 2.75) is 31.6 Å². The van der Waals surface area contributed by atoms with Crippen molar-refractivity contribution in [3.8, 4) is 5.75 Å². The molecule has 96 valence electrons. The lowest BCUT2D eigenvalue weighted by molar-refractivity contribution is 0.189. The van der Waals surface area contributed by atoms with E-state index in [1.54, 1.807) is 0 Å². The summed E-state index contributed by atoms with van der Waals surface area (Å²) in [7, 11) is 2.27. The quantitative estimate of drug-likeness (QED) is 0.757. The highest BCUT2D eigenvalue weighted by Gasteiger charge is 2.56. The molecule has 2 fully saturated rings. The van der Waals surface area contributed by atoms with Gasteiger partial charge in [0.1, 0.15) is 5.75 Å². The van der Waals surface area contributed by atoms with E-state index in [2.05, 4.69) is 18.0 Å². The summed E-state index contributed by atoms with van der Waals surface area (Å²) in [6.45, 7) is 2.58. The summed E-state index contributed by atoms with van der Waals surface area (Å²) < 4.78 is 0. The molecule has 1 aromatic carbocycles. The molecule has 2 nitrogen and oxygen atoms in total. The second-order valence-corrected chi connectivity index (χ2v) is 6.64. The van der Waals surface area contributed by atoms with E-state index >= 15 is 0 Å². The Balaban J connectivity index is 1.80. The molecule has 3 atom stereocenters. The SMILES string of the molecule is CN1C[C@H]2CC[C@H]3c4ccc(O)cc4CCC23C1. The summed E-state index contributed by atoms with van der Waals surface area (Å²) in [5.41, 5.74) is 3.50. The number of fused-ring (bicyclic) bond motifs is 2. The summed E-state index contributed by atoms with van der Waals surface area (Å²) in [5.74, 6) is 2.09. The minimum Gasteiger partial charge on any atom is -0.508 e. The zero-order valence-electron chi connectivity index (χ0n) is 11.0. The van der Waals surface area contributed by atoms with Crippen LogP contribution in [0.5, 0.6) is 5.75 Å². The Bertz CT molecular complexity index is 498. The topological polar surface area (TPSA) is 23.5 Å². The van der Waals surface area contributed by atoms with Crippen LogP contribution in [0.1, 0.15) is 36.3 Å². The highest BCUT2D eigenvalue weighted by Crippen LogP contribution is 2.61. The number of aromatic hydroxyl groups is 1. The van der Waals surface area contributed by atoms with E-state index in [0.29, 0.717) is 11.2 Å². The maximum atomic E-state index is 9.65. The molecule has 1 heterocycles. The van der Waals surface area contributed by atoms with Crippen LogP contribution < -0.4 is 0 Å². The lowest BCUT2D eigenvalue weighted by Crippen LogP contribution is -2.36. The van der Waals surface area contributed by atoms with Crippen LogP contribution in [0.4, 0.5) is 0 Å². The molecule has 3 aliphatic rings. The Morgan fingerprint density at radius 1 is 1.33 bits per heavy atom. The number of phenols is 1. The number of nitrogens with zero attached hydrogens (tertiary/aromatic N) is 1. The third-order valence-electron chi connectivity index (χ3n) is 5.77. The first kappa shape index (κ1) is 10.9. The lowest BCUT2D eigenvalue weighted by atomic mass is 9.63. The molecular weight excluding hydrogens is 222 g/mol. The molecule has 1 aliphatic heterocycles. The number of hydrogen-bond acceptors (Lipinski definition) is 2. The van der Waals surface area contributed by atoms with Gasteiger partial charge in [0.05, 0.1) is 0 Å². The Morgan fingerprint density at radius 2 is 2.22 bits per heavy atom. The van der Waals surface area contributed by atoms with E-state index in [0.717, 1.165) is 18.3 Å². The van der Waals surface area contributed by atoms with Crippen molar-refractivity contribution in [3.05, 3.63) is 29.3 Å². The highest BCUT2D eigenvalue weighted by molar-refractivity contribution is 5.42. The first-order valence-electron chi connectivity index (χ1n) is 7.19. The molecule has 0 bridgehead atoms. The number of aryl methyl sites for hydroxylation is 1. The average molecular weight is 243 g/mol.